The number of carbonyl (C=O) groups is 1. The Bertz CT molecular complexity index is 181. The van der Waals surface area contributed by atoms with E-state index in [0.29, 0.717) is 13.0 Å². The zero-order valence-corrected chi connectivity index (χ0v) is 15.3. The quantitative estimate of drug-likeness (QED) is 0.543. The SMILES string of the molecule is CC.CC.CCCCNC(=O)CCOCCCCOCC.[HH]. The Hall–Kier alpha value is -0.610. The second-order valence-electron chi connectivity index (χ2n) is 3.97. The lowest BCUT2D eigenvalue weighted by Gasteiger charge is -2.05. The third-order valence-electron chi connectivity index (χ3n) is 2.36. The van der Waals surface area contributed by atoms with Crippen molar-refractivity contribution >= 4 is 5.91 Å². The van der Waals surface area contributed by atoms with Crippen molar-refractivity contribution in [2.75, 3.05) is 33.0 Å². The van der Waals surface area contributed by atoms with E-state index in [1.165, 1.54) is 0 Å². The fraction of sp³-hybridized carbons (Fsp3) is 0.941. The van der Waals surface area contributed by atoms with Gasteiger partial charge in [0.05, 0.1) is 6.61 Å². The average Bonchev–Trinajstić information content (AvgIpc) is 2.54. The number of nitrogens with one attached hydrogen (secondary N) is 1. The van der Waals surface area contributed by atoms with Crippen molar-refractivity contribution in [3.8, 4) is 0 Å². The summed E-state index contributed by atoms with van der Waals surface area (Å²) in [7, 11) is 0. The van der Waals surface area contributed by atoms with Crippen molar-refractivity contribution in [3.63, 3.8) is 0 Å². The molecular formula is C17H41NO3. The number of ether oxygens (including phenoxy) is 2. The lowest BCUT2D eigenvalue weighted by Crippen LogP contribution is -2.25. The molecule has 0 saturated carbocycles. The summed E-state index contributed by atoms with van der Waals surface area (Å²) in [4.78, 5) is 11.3. The van der Waals surface area contributed by atoms with Crippen LogP contribution in [0.3, 0.4) is 0 Å². The molecule has 0 aliphatic carbocycles. The summed E-state index contributed by atoms with van der Waals surface area (Å²) in [5.74, 6) is 0.0905. The number of amides is 1. The van der Waals surface area contributed by atoms with Gasteiger partial charge in [-0.3, -0.25) is 4.79 Å². The van der Waals surface area contributed by atoms with E-state index < -0.39 is 0 Å². The van der Waals surface area contributed by atoms with Gasteiger partial charge in [0.25, 0.3) is 0 Å². The standard InChI is InChI=1S/C13H27NO3.2C2H6.H2/c1-3-5-9-14-13(15)8-12-17-11-7-6-10-16-4-2;2*1-2;/h3-12H2,1-2H3,(H,14,15);2*1-2H3;1H. The maximum atomic E-state index is 11.3. The minimum Gasteiger partial charge on any atom is -0.382 e. The van der Waals surface area contributed by atoms with Gasteiger partial charge < -0.3 is 14.8 Å². The Morgan fingerprint density at radius 2 is 1.48 bits per heavy atom. The Morgan fingerprint density at radius 1 is 0.905 bits per heavy atom. The predicted octanol–water partition coefficient (Wildman–Crippen LogP) is 4.42. The molecule has 0 fully saturated rings. The Labute approximate surface area is 134 Å². The van der Waals surface area contributed by atoms with Gasteiger partial charge in [0.2, 0.25) is 5.91 Å². The molecule has 0 atom stereocenters. The molecule has 0 rings (SSSR count). The maximum absolute atomic E-state index is 11.3. The first kappa shape index (κ1) is 25.3. The molecule has 4 heteroatoms. The van der Waals surface area contributed by atoms with E-state index in [-0.39, 0.29) is 7.33 Å². The van der Waals surface area contributed by atoms with Crippen molar-refractivity contribution in [1.82, 2.24) is 5.32 Å². The van der Waals surface area contributed by atoms with Crippen LogP contribution in [-0.4, -0.2) is 38.9 Å². The molecule has 0 saturated heterocycles. The number of carbonyl (C=O) groups excluding carboxylic acids is 1. The van der Waals surface area contributed by atoms with E-state index in [9.17, 15) is 4.79 Å². The Morgan fingerprint density at radius 3 is 2.00 bits per heavy atom. The first-order valence-electron chi connectivity index (χ1n) is 8.73. The summed E-state index contributed by atoms with van der Waals surface area (Å²) in [5, 5.41) is 2.86. The van der Waals surface area contributed by atoms with Gasteiger partial charge in [-0.2, -0.15) is 0 Å². The number of unbranched alkanes of at least 4 members (excludes halogenated alkanes) is 2. The molecule has 0 aromatic rings. The highest BCUT2D eigenvalue weighted by molar-refractivity contribution is 5.75. The largest absolute Gasteiger partial charge is 0.382 e. The molecule has 0 aromatic carbocycles. The highest BCUT2D eigenvalue weighted by Gasteiger charge is 1.99. The van der Waals surface area contributed by atoms with Gasteiger partial charge in [-0.15, -0.1) is 0 Å². The number of hydrogen-bond donors (Lipinski definition) is 1. The fourth-order valence-electron chi connectivity index (χ4n) is 1.31. The first-order valence-corrected chi connectivity index (χ1v) is 8.73. The molecule has 0 aliphatic rings. The van der Waals surface area contributed by atoms with E-state index in [0.717, 1.165) is 52.0 Å². The van der Waals surface area contributed by atoms with Gasteiger partial charge in [-0.25, -0.2) is 0 Å². The number of rotatable bonds is 12. The first-order chi connectivity index (χ1) is 10.3. The van der Waals surface area contributed by atoms with Crippen LogP contribution in [0.15, 0.2) is 0 Å². The van der Waals surface area contributed by atoms with E-state index in [1.807, 2.05) is 34.6 Å². The van der Waals surface area contributed by atoms with Crippen LogP contribution in [0.4, 0.5) is 0 Å². The molecule has 21 heavy (non-hydrogen) atoms. The van der Waals surface area contributed by atoms with Crippen molar-refractivity contribution < 1.29 is 15.7 Å². The van der Waals surface area contributed by atoms with Gasteiger partial charge in [0.1, 0.15) is 0 Å². The van der Waals surface area contributed by atoms with Gasteiger partial charge in [0, 0.05) is 34.2 Å². The topological polar surface area (TPSA) is 47.6 Å². The zero-order chi connectivity index (χ0) is 16.8. The van der Waals surface area contributed by atoms with Crippen molar-refractivity contribution in [2.45, 2.75) is 73.6 Å². The van der Waals surface area contributed by atoms with Crippen LogP contribution in [0.5, 0.6) is 0 Å². The third kappa shape index (κ3) is 28.3. The van der Waals surface area contributed by atoms with Gasteiger partial charge in [-0.05, 0) is 26.2 Å². The summed E-state index contributed by atoms with van der Waals surface area (Å²) in [5.41, 5.74) is 0. The maximum Gasteiger partial charge on any atom is 0.222 e. The van der Waals surface area contributed by atoms with Gasteiger partial charge >= 0.3 is 0 Å². The monoisotopic (exact) mass is 307 g/mol. The molecule has 0 radical (unpaired) electrons. The molecule has 132 valence electrons. The van der Waals surface area contributed by atoms with Crippen LogP contribution in [-0.2, 0) is 14.3 Å². The van der Waals surface area contributed by atoms with Crippen LogP contribution < -0.4 is 5.32 Å². The van der Waals surface area contributed by atoms with Crippen LogP contribution >= 0.6 is 0 Å². The zero-order valence-electron chi connectivity index (χ0n) is 15.3. The molecule has 0 aliphatic heterocycles. The Balaban J connectivity index is -0.000000297. The summed E-state index contributed by atoms with van der Waals surface area (Å²) in [6.07, 6.45) is 4.64. The van der Waals surface area contributed by atoms with Crippen LogP contribution in [0.25, 0.3) is 0 Å². The lowest BCUT2D eigenvalue weighted by molar-refractivity contribution is -0.122. The van der Waals surface area contributed by atoms with E-state index >= 15 is 0 Å². The normalized spacial score (nSPS) is 9.05. The van der Waals surface area contributed by atoms with Crippen molar-refractivity contribution in [3.05, 3.63) is 0 Å². The molecule has 0 aromatic heterocycles. The molecule has 1 N–H and O–H groups in total. The van der Waals surface area contributed by atoms with Gasteiger partial charge in [0.15, 0.2) is 0 Å². The van der Waals surface area contributed by atoms with Crippen LogP contribution in [0.2, 0.25) is 0 Å². The van der Waals surface area contributed by atoms with Crippen LogP contribution in [0.1, 0.15) is 75.1 Å². The summed E-state index contributed by atoms with van der Waals surface area (Å²) in [6, 6.07) is 0. The summed E-state index contributed by atoms with van der Waals surface area (Å²) >= 11 is 0. The molecular weight excluding hydrogens is 266 g/mol. The van der Waals surface area contributed by atoms with Crippen molar-refractivity contribution in [1.29, 1.82) is 0 Å². The molecule has 0 unspecified atom stereocenters. The average molecular weight is 308 g/mol. The highest BCUT2D eigenvalue weighted by atomic mass is 16.5. The summed E-state index contributed by atoms with van der Waals surface area (Å²) < 4.78 is 10.6. The molecule has 1 amide bonds. The van der Waals surface area contributed by atoms with Crippen LogP contribution in [0, 0.1) is 0 Å². The van der Waals surface area contributed by atoms with Crippen molar-refractivity contribution in [2.24, 2.45) is 0 Å². The molecule has 0 heterocycles. The van der Waals surface area contributed by atoms with E-state index in [4.69, 9.17) is 9.47 Å². The smallest absolute Gasteiger partial charge is 0.222 e. The second kappa shape index (κ2) is 27.7. The fourth-order valence-corrected chi connectivity index (χ4v) is 1.31. The highest BCUT2D eigenvalue weighted by Crippen LogP contribution is 1.93. The summed E-state index contributed by atoms with van der Waals surface area (Å²) in [6.45, 7) is 15.7. The minimum absolute atomic E-state index is 0. The van der Waals surface area contributed by atoms with E-state index in [2.05, 4.69) is 12.2 Å². The molecule has 4 nitrogen and oxygen atoms in total. The van der Waals surface area contributed by atoms with Gasteiger partial charge in [-0.1, -0.05) is 41.0 Å². The van der Waals surface area contributed by atoms with E-state index in [1.54, 1.807) is 0 Å². The second-order valence-corrected chi connectivity index (χ2v) is 3.97. The Kier molecular flexibility index (Phi) is 33.4. The molecule has 0 bridgehead atoms. The third-order valence-corrected chi connectivity index (χ3v) is 2.36. The predicted molar refractivity (Wildman–Crippen MR) is 93.9 cm³/mol. The number of hydrogen-bond acceptors (Lipinski definition) is 3. The minimum atomic E-state index is 0. The molecule has 0 spiro atoms. The lowest BCUT2D eigenvalue weighted by atomic mass is 10.3.